The SMILES string of the molecule is CC(=O)N1CCC(C(=O)N2CCC(N(C)C(=O)c3cccc(F)c3)C(c3ccc(Cl)c(Cl)c3)C2)CC1. The highest BCUT2D eigenvalue weighted by atomic mass is 35.5. The molecule has 6 nitrogen and oxygen atoms in total. The van der Waals surface area contributed by atoms with E-state index in [4.69, 9.17) is 23.2 Å². The maximum Gasteiger partial charge on any atom is 0.253 e. The lowest BCUT2D eigenvalue weighted by Gasteiger charge is -2.44. The molecule has 0 radical (unpaired) electrons. The van der Waals surface area contributed by atoms with Crippen LogP contribution in [0.3, 0.4) is 0 Å². The van der Waals surface area contributed by atoms with Crippen LogP contribution in [0.4, 0.5) is 4.39 Å². The van der Waals surface area contributed by atoms with Gasteiger partial charge in [-0.1, -0.05) is 35.3 Å². The van der Waals surface area contributed by atoms with Crippen molar-refractivity contribution in [3.8, 4) is 0 Å². The summed E-state index contributed by atoms with van der Waals surface area (Å²) < 4.78 is 13.8. The van der Waals surface area contributed by atoms with Gasteiger partial charge in [0.2, 0.25) is 11.8 Å². The van der Waals surface area contributed by atoms with Crippen LogP contribution >= 0.6 is 23.2 Å². The quantitative estimate of drug-likeness (QED) is 0.564. The molecule has 9 heteroatoms. The van der Waals surface area contributed by atoms with E-state index < -0.39 is 5.82 Å². The van der Waals surface area contributed by atoms with Crippen LogP contribution in [0.1, 0.15) is 48.0 Å². The fourth-order valence-corrected chi connectivity index (χ4v) is 5.66. The van der Waals surface area contributed by atoms with Gasteiger partial charge in [-0.3, -0.25) is 14.4 Å². The minimum absolute atomic E-state index is 0.0346. The molecular formula is C27H30Cl2FN3O3. The number of hydrogen-bond acceptors (Lipinski definition) is 3. The lowest BCUT2D eigenvalue weighted by molar-refractivity contribution is -0.141. The van der Waals surface area contributed by atoms with Crippen molar-refractivity contribution in [1.82, 2.24) is 14.7 Å². The van der Waals surface area contributed by atoms with Crippen molar-refractivity contribution in [3.63, 3.8) is 0 Å². The van der Waals surface area contributed by atoms with Crippen molar-refractivity contribution >= 4 is 40.9 Å². The average Bonchev–Trinajstić information content (AvgIpc) is 2.88. The molecule has 2 aromatic rings. The number of carbonyl (C=O) groups excluding carboxylic acids is 3. The van der Waals surface area contributed by atoms with Gasteiger partial charge in [-0.15, -0.1) is 0 Å². The Bertz CT molecular complexity index is 1150. The number of hydrogen-bond donors (Lipinski definition) is 0. The summed E-state index contributed by atoms with van der Waals surface area (Å²) in [5.41, 5.74) is 1.17. The topological polar surface area (TPSA) is 60.9 Å². The predicted molar refractivity (Wildman–Crippen MR) is 138 cm³/mol. The predicted octanol–water partition coefficient (Wildman–Crippen LogP) is 4.85. The normalized spacial score (nSPS) is 20.8. The first-order valence-corrected chi connectivity index (χ1v) is 12.9. The summed E-state index contributed by atoms with van der Waals surface area (Å²) in [5.74, 6) is -0.948. The maximum atomic E-state index is 13.8. The van der Waals surface area contributed by atoms with Gasteiger partial charge >= 0.3 is 0 Å². The van der Waals surface area contributed by atoms with Crippen molar-refractivity contribution in [2.24, 2.45) is 5.92 Å². The Hall–Kier alpha value is -2.64. The van der Waals surface area contributed by atoms with Crippen LogP contribution in [0.15, 0.2) is 42.5 Å². The van der Waals surface area contributed by atoms with Crippen molar-refractivity contribution in [3.05, 3.63) is 69.5 Å². The third-order valence-corrected chi connectivity index (χ3v) is 8.18. The van der Waals surface area contributed by atoms with Gasteiger partial charge in [0.05, 0.1) is 10.0 Å². The van der Waals surface area contributed by atoms with Crippen LogP contribution in [-0.2, 0) is 9.59 Å². The number of nitrogens with zero attached hydrogens (tertiary/aromatic N) is 3. The van der Waals surface area contributed by atoms with E-state index in [9.17, 15) is 18.8 Å². The third kappa shape index (κ3) is 5.68. The molecule has 192 valence electrons. The molecular weight excluding hydrogens is 504 g/mol. The zero-order chi connectivity index (χ0) is 26.0. The van der Waals surface area contributed by atoms with Crippen LogP contribution in [0.25, 0.3) is 0 Å². The first-order chi connectivity index (χ1) is 17.2. The molecule has 0 aliphatic carbocycles. The summed E-state index contributed by atoms with van der Waals surface area (Å²) in [5, 5.41) is 0.842. The second-order valence-electron chi connectivity index (χ2n) is 9.63. The standard InChI is InChI=1S/C27H30Cl2FN3O3/c1-17(34)32-11-8-18(9-12-32)27(36)33-13-10-25(22(16-33)19-6-7-23(28)24(29)15-19)31(2)26(35)20-4-3-5-21(30)14-20/h3-7,14-15,18,22,25H,8-13,16H2,1-2H3. The Balaban J connectivity index is 1.56. The lowest BCUT2D eigenvalue weighted by atomic mass is 9.83. The fraction of sp³-hybridized carbons (Fsp3) is 0.444. The van der Waals surface area contributed by atoms with E-state index >= 15 is 0 Å². The number of likely N-dealkylation sites (tertiary alicyclic amines) is 2. The van der Waals surface area contributed by atoms with E-state index in [1.54, 1.807) is 42.0 Å². The van der Waals surface area contributed by atoms with Gasteiger partial charge in [0.15, 0.2) is 0 Å². The zero-order valence-electron chi connectivity index (χ0n) is 20.4. The molecule has 2 aliphatic rings. The summed E-state index contributed by atoms with van der Waals surface area (Å²) >= 11 is 12.5. The molecule has 0 aromatic heterocycles. The van der Waals surface area contributed by atoms with Gasteiger partial charge in [-0.25, -0.2) is 4.39 Å². The minimum atomic E-state index is -0.466. The molecule has 3 amide bonds. The van der Waals surface area contributed by atoms with Crippen LogP contribution in [0.2, 0.25) is 10.0 Å². The average molecular weight is 534 g/mol. The Labute approximate surface area is 220 Å². The molecule has 2 saturated heterocycles. The molecule has 2 fully saturated rings. The van der Waals surface area contributed by atoms with Crippen LogP contribution in [-0.4, -0.2) is 71.7 Å². The van der Waals surface area contributed by atoms with Crippen molar-refractivity contribution < 1.29 is 18.8 Å². The smallest absolute Gasteiger partial charge is 0.253 e. The third-order valence-electron chi connectivity index (χ3n) is 7.44. The summed E-state index contributed by atoms with van der Waals surface area (Å²) in [6.45, 7) is 3.66. The second-order valence-corrected chi connectivity index (χ2v) is 10.4. The van der Waals surface area contributed by atoms with Crippen LogP contribution < -0.4 is 0 Å². The molecule has 2 aromatic carbocycles. The number of likely N-dealkylation sites (N-methyl/N-ethyl adjacent to an activating group) is 1. The first-order valence-electron chi connectivity index (χ1n) is 12.2. The Morgan fingerprint density at radius 2 is 1.64 bits per heavy atom. The molecule has 36 heavy (non-hydrogen) atoms. The molecule has 2 unspecified atom stereocenters. The summed E-state index contributed by atoms with van der Waals surface area (Å²) in [4.78, 5) is 43.7. The second kappa shape index (κ2) is 11.2. The highest BCUT2D eigenvalue weighted by Crippen LogP contribution is 2.35. The molecule has 0 N–H and O–H groups in total. The molecule has 2 heterocycles. The molecule has 0 bridgehead atoms. The van der Waals surface area contributed by atoms with E-state index in [1.165, 1.54) is 18.2 Å². The van der Waals surface area contributed by atoms with Gasteiger partial charge < -0.3 is 14.7 Å². The van der Waals surface area contributed by atoms with Gasteiger partial charge in [-0.05, 0) is 55.2 Å². The molecule has 2 atom stereocenters. The van der Waals surface area contributed by atoms with Gasteiger partial charge in [0, 0.05) is 63.6 Å². The van der Waals surface area contributed by atoms with E-state index in [-0.39, 0.29) is 41.2 Å². The van der Waals surface area contributed by atoms with E-state index in [2.05, 4.69) is 0 Å². The highest BCUT2D eigenvalue weighted by Gasteiger charge is 2.39. The van der Waals surface area contributed by atoms with Gasteiger partial charge in [-0.2, -0.15) is 0 Å². The van der Waals surface area contributed by atoms with E-state index in [1.807, 2.05) is 11.0 Å². The summed E-state index contributed by atoms with van der Waals surface area (Å²) in [6, 6.07) is 10.8. The Morgan fingerprint density at radius 1 is 0.944 bits per heavy atom. The van der Waals surface area contributed by atoms with Crippen molar-refractivity contribution in [1.29, 1.82) is 0 Å². The Kier molecular flexibility index (Phi) is 8.20. The summed E-state index contributed by atoms with van der Waals surface area (Å²) in [6.07, 6.45) is 1.86. The number of halogens is 3. The van der Waals surface area contributed by atoms with Crippen molar-refractivity contribution in [2.75, 3.05) is 33.2 Å². The monoisotopic (exact) mass is 533 g/mol. The molecule has 4 rings (SSSR count). The number of rotatable bonds is 4. The number of benzene rings is 2. The van der Waals surface area contributed by atoms with Crippen LogP contribution in [0, 0.1) is 11.7 Å². The Morgan fingerprint density at radius 3 is 2.28 bits per heavy atom. The van der Waals surface area contributed by atoms with E-state index in [0.717, 1.165) is 5.56 Å². The molecule has 0 saturated carbocycles. The molecule has 2 aliphatic heterocycles. The molecule has 0 spiro atoms. The zero-order valence-corrected chi connectivity index (χ0v) is 21.9. The van der Waals surface area contributed by atoms with Gasteiger partial charge in [0.25, 0.3) is 5.91 Å². The lowest BCUT2D eigenvalue weighted by Crippen LogP contribution is -2.53. The summed E-state index contributed by atoms with van der Waals surface area (Å²) in [7, 11) is 1.72. The number of piperidine rings is 2. The minimum Gasteiger partial charge on any atom is -0.343 e. The van der Waals surface area contributed by atoms with Crippen LogP contribution in [0.5, 0.6) is 0 Å². The first kappa shape index (κ1) is 26.4. The fourth-order valence-electron chi connectivity index (χ4n) is 5.35. The number of amides is 3. The largest absolute Gasteiger partial charge is 0.343 e. The van der Waals surface area contributed by atoms with Crippen molar-refractivity contribution in [2.45, 2.75) is 38.1 Å². The highest BCUT2D eigenvalue weighted by molar-refractivity contribution is 6.42. The number of carbonyl (C=O) groups is 3. The van der Waals surface area contributed by atoms with Gasteiger partial charge in [0.1, 0.15) is 5.82 Å². The van der Waals surface area contributed by atoms with E-state index in [0.29, 0.717) is 55.5 Å². The maximum absolute atomic E-state index is 13.8.